The summed E-state index contributed by atoms with van der Waals surface area (Å²) in [4.78, 5) is 12.0. The van der Waals surface area contributed by atoms with Gasteiger partial charge >= 0.3 is 6.61 Å². The van der Waals surface area contributed by atoms with Gasteiger partial charge in [0.25, 0.3) is 0 Å². The Morgan fingerprint density at radius 2 is 1.83 bits per heavy atom. The van der Waals surface area contributed by atoms with Gasteiger partial charge in [-0.25, -0.2) is 0 Å². The van der Waals surface area contributed by atoms with Gasteiger partial charge in [0.05, 0.1) is 7.11 Å². The molecule has 2 aromatic rings. The molecule has 0 aliphatic heterocycles. The van der Waals surface area contributed by atoms with Crippen LogP contribution in [0.15, 0.2) is 42.5 Å². The Labute approximate surface area is 139 Å². The monoisotopic (exact) mass is 335 g/mol. The van der Waals surface area contributed by atoms with Crippen LogP contribution in [0.25, 0.3) is 0 Å². The van der Waals surface area contributed by atoms with E-state index in [2.05, 4.69) is 10.1 Å². The first-order chi connectivity index (χ1) is 11.5. The van der Waals surface area contributed by atoms with Crippen LogP contribution in [0.2, 0.25) is 0 Å². The van der Waals surface area contributed by atoms with Crippen LogP contribution >= 0.6 is 0 Å². The number of methoxy groups -OCH3 is 1. The van der Waals surface area contributed by atoms with Crippen LogP contribution in [0.5, 0.6) is 11.5 Å². The zero-order valence-electron chi connectivity index (χ0n) is 13.5. The average molecular weight is 335 g/mol. The standard InChI is InChI=1S/C18H19F2NO3/c1-12-3-5-13(6-4-12)7-10-17(22)21-14-8-9-15(23-2)16(11-14)24-18(19)20/h3-6,8-9,11,18H,7,10H2,1-2H3,(H,21,22). The van der Waals surface area contributed by atoms with E-state index in [4.69, 9.17) is 4.74 Å². The molecular formula is C18H19F2NO3. The molecule has 0 aliphatic carbocycles. The minimum absolute atomic E-state index is 0.121. The molecule has 0 saturated heterocycles. The lowest BCUT2D eigenvalue weighted by Crippen LogP contribution is -2.13. The fraction of sp³-hybridized carbons (Fsp3) is 0.278. The number of rotatable bonds is 7. The van der Waals surface area contributed by atoms with Crippen LogP contribution in [0.3, 0.4) is 0 Å². The van der Waals surface area contributed by atoms with Crippen LogP contribution in [-0.2, 0) is 11.2 Å². The summed E-state index contributed by atoms with van der Waals surface area (Å²) in [6, 6.07) is 12.3. The Hall–Kier alpha value is -2.63. The highest BCUT2D eigenvalue weighted by Gasteiger charge is 2.12. The molecule has 24 heavy (non-hydrogen) atoms. The van der Waals surface area contributed by atoms with Gasteiger partial charge in [0.15, 0.2) is 11.5 Å². The lowest BCUT2D eigenvalue weighted by Gasteiger charge is -2.12. The Balaban J connectivity index is 1.96. The van der Waals surface area contributed by atoms with Crippen molar-refractivity contribution in [1.29, 1.82) is 0 Å². The fourth-order valence-corrected chi connectivity index (χ4v) is 2.18. The number of hydrogen-bond donors (Lipinski definition) is 1. The Morgan fingerprint density at radius 1 is 1.12 bits per heavy atom. The van der Waals surface area contributed by atoms with Crippen molar-refractivity contribution in [2.75, 3.05) is 12.4 Å². The third-order valence-corrected chi connectivity index (χ3v) is 3.42. The normalized spacial score (nSPS) is 10.5. The van der Waals surface area contributed by atoms with Crippen molar-refractivity contribution in [2.45, 2.75) is 26.4 Å². The highest BCUT2D eigenvalue weighted by Crippen LogP contribution is 2.31. The maximum absolute atomic E-state index is 12.4. The Kier molecular flexibility index (Phi) is 6.12. The number of aryl methyl sites for hydroxylation is 2. The molecule has 1 amide bonds. The number of nitrogens with one attached hydrogen (secondary N) is 1. The van der Waals surface area contributed by atoms with E-state index in [1.807, 2.05) is 31.2 Å². The smallest absolute Gasteiger partial charge is 0.387 e. The number of benzene rings is 2. The van der Waals surface area contributed by atoms with E-state index in [-0.39, 0.29) is 17.4 Å². The predicted octanol–water partition coefficient (Wildman–Crippen LogP) is 4.18. The van der Waals surface area contributed by atoms with Crippen molar-refractivity contribution in [1.82, 2.24) is 0 Å². The van der Waals surface area contributed by atoms with Crippen LogP contribution in [0.4, 0.5) is 14.5 Å². The molecule has 0 radical (unpaired) electrons. The first-order valence-electron chi connectivity index (χ1n) is 7.46. The molecule has 2 aromatic carbocycles. The summed E-state index contributed by atoms with van der Waals surface area (Å²) >= 11 is 0. The fourth-order valence-electron chi connectivity index (χ4n) is 2.18. The number of carbonyl (C=O) groups is 1. The van der Waals surface area contributed by atoms with E-state index in [0.29, 0.717) is 18.5 Å². The molecule has 0 aromatic heterocycles. The molecule has 0 fully saturated rings. The highest BCUT2D eigenvalue weighted by atomic mass is 19.3. The number of carbonyl (C=O) groups excluding carboxylic acids is 1. The number of anilines is 1. The second kappa shape index (κ2) is 8.29. The predicted molar refractivity (Wildman–Crippen MR) is 87.8 cm³/mol. The Morgan fingerprint density at radius 3 is 2.46 bits per heavy atom. The summed E-state index contributed by atoms with van der Waals surface area (Å²) in [5.41, 5.74) is 2.60. The number of ether oxygens (including phenoxy) is 2. The lowest BCUT2D eigenvalue weighted by atomic mass is 10.1. The maximum atomic E-state index is 12.4. The van der Waals surface area contributed by atoms with Crippen LogP contribution < -0.4 is 14.8 Å². The van der Waals surface area contributed by atoms with Gasteiger partial charge in [-0.15, -0.1) is 0 Å². The summed E-state index contributed by atoms with van der Waals surface area (Å²) in [7, 11) is 1.35. The van der Waals surface area contributed by atoms with E-state index >= 15 is 0 Å². The van der Waals surface area contributed by atoms with E-state index in [9.17, 15) is 13.6 Å². The zero-order valence-corrected chi connectivity index (χ0v) is 13.5. The van der Waals surface area contributed by atoms with E-state index in [1.54, 1.807) is 6.07 Å². The van der Waals surface area contributed by atoms with Gasteiger partial charge in [-0.05, 0) is 31.0 Å². The molecule has 0 atom stereocenters. The topological polar surface area (TPSA) is 47.6 Å². The molecule has 0 heterocycles. The quantitative estimate of drug-likeness (QED) is 0.826. The van der Waals surface area contributed by atoms with E-state index < -0.39 is 6.61 Å². The van der Waals surface area contributed by atoms with Gasteiger partial charge in [0.1, 0.15) is 0 Å². The second-order valence-electron chi connectivity index (χ2n) is 5.28. The van der Waals surface area contributed by atoms with Crippen LogP contribution in [0, 0.1) is 6.92 Å². The van der Waals surface area contributed by atoms with Crippen molar-refractivity contribution in [2.24, 2.45) is 0 Å². The number of alkyl halides is 2. The second-order valence-corrected chi connectivity index (χ2v) is 5.28. The van der Waals surface area contributed by atoms with Crippen molar-refractivity contribution in [3.63, 3.8) is 0 Å². The van der Waals surface area contributed by atoms with Crippen molar-refractivity contribution in [3.05, 3.63) is 53.6 Å². The Bertz CT molecular complexity index is 687. The summed E-state index contributed by atoms with van der Waals surface area (Å²) in [5, 5.41) is 2.67. The molecule has 4 nitrogen and oxygen atoms in total. The molecule has 128 valence electrons. The molecule has 2 rings (SSSR count). The first kappa shape index (κ1) is 17.7. The minimum atomic E-state index is -2.97. The minimum Gasteiger partial charge on any atom is -0.493 e. The van der Waals surface area contributed by atoms with Crippen molar-refractivity contribution >= 4 is 11.6 Å². The highest BCUT2D eigenvalue weighted by molar-refractivity contribution is 5.91. The van der Waals surface area contributed by atoms with Gasteiger partial charge in [-0.2, -0.15) is 8.78 Å². The van der Waals surface area contributed by atoms with Crippen molar-refractivity contribution < 1.29 is 23.0 Å². The molecule has 0 saturated carbocycles. The number of halogens is 2. The van der Waals surface area contributed by atoms with Crippen molar-refractivity contribution in [3.8, 4) is 11.5 Å². The van der Waals surface area contributed by atoms with Crippen LogP contribution in [-0.4, -0.2) is 19.6 Å². The summed E-state index contributed by atoms with van der Waals surface area (Å²) in [6.07, 6.45) is 0.892. The molecule has 0 spiro atoms. The van der Waals surface area contributed by atoms with Gasteiger partial charge in [-0.3, -0.25) is 4.79 Å². The maximum Gasteiger partial charge on any atom is 0.387 e. The molecular weight excluding hydrogens is 316 g/mol. The number of amides is 1. The average Bonchev–Trinajstić information content (AvgIpc) is 2.54. The molecule has 0 bridgehead atoms. The molecule has 0 aliphatic rings. The summed E-state index contributed by atoms with van der Waals surface area (Å²) in [6.45, 7) is -0.967. The van der Waals surface area contributed by atoms with Gasteiger partial charge in [0.2, 0.25) is 5.91 Å². The third-order valence-electron chi connectivity index (χ3n) is 3.42. The largest absolute Gasteiger partial charge is 0.493 e. The summed E-state index contributed by atoms with van der Waals surface area (Å²) < 4.78 is 34.1. The number of hydrogen-bond acceptors (Lipinski definition) is 3. The van der Waals surface area contributed by atoms with Gasteiger partial charge in [0, 0.05) is 18.2 Å². The first-order valence-corrected chi connectivity index (χ1v) is 7.46. The zero-order chi connectivity index (χ0) is 17.5. The van der Waals surface area contributed by atoms with E-state index in [1.165, 1.54) is 19.2 Å². The van der Waals surface area contributed by atoms with Crippen LogP contribution in [0.1, 0.15) is 17.5 Å². The molecule has 1 N–H and O–H groups in total. The lowest BCUT2D eigenvalue weighted by molar-refractivity contribution is -0.116. The van der Waals surface area contributed by atoms with E-state index in [0.717, 1.165) is 11.1 Å². The SMILES string of the molecule is COc1ccc(NC(=O)CCc2ccc(C)cc2)cc1OC(F)F. The molecule has 0 unspecified atom stereocenters. The molecule has 6 heteroatoms. The third kappa shape index (κ3) is 5.22. The van der Waals surface area contributed by atoms with Gasteiger partial charge < -0.3 is 14.8 Å². The van der Waals surface area contributed by atoms with Gasteiger partial charge in [-0.1, -0.05) is 29.8 Å². The summed E-state index contributed by atoms with van der Waals surface area (Å²) in [5.74, 6) is -0.152.